The van der Waals surface area contributed by atoms with Crippen molar-refractivity contribution in [2.75, 3.05) is 13.1 Å². The van der Waals surface area contributed by atoms with Crippen molar-refractivity contribution in [2.45, 2.75) is 25.7 Å². The van der Waals surface area contributed by atoms with Crippen molar-refractivity contribution in [2.24, 2.45) is 23.7 Å². The Morgan fingerprint density at radius 2 is 1.61 bits per heavy atom. The van der Waals surface area contributed by atoms with Crippen molar-refractivity contribution in [3.05, 3.63) is 12.2 Å². The number of carboxylic acid groups (broad SMARTS) is 1. The monoisotopic (exact) mass is 249 g/mol. The molecule has 1 aliphatic heterocycles. The van der Waals surface area contributed by atoms with Crippen LogP contribution in [0.25, 0.3) is 0 Å². The smallest absolute Gasteiger partial charge is 0.307 e. The second kappa shape index (κ2) is 4.41. The van der Waals surface area contributed by atoms with E-state index in [1.807, 2.05) is 11.0 Å². The van der Waals surface area contributed by atoms with E-state index in [9.17, 15) is 14.7 Å². The van der Waals surface area contributed by atoms with Gasteiger partial charge in [0.05, 0.1) is 11.8 Å². The molecule has 0 aromatic heterocycles. The Morgan fingerprint density at radius 1 is 1.00 bits per heavy atom. The average Bonchev–Trinajstić information content (AvgIpc) is 2.99. The molecule has 4 heteroatoms. The van der Waals surface area contributed by atoms with Gasteiger partial charge >= 0.3 is 5.97 Å². The number of carbonyl (C=O) groups excluding carboxylic acids is 1. The van der Waals surface area contributed by atoms with Crippen molar-refractivity contribution in [1.29, 1.82) is 0 Å². The van der Waals surface area contributed by atoms with E-state index in [0.717, 1.165) is 32.4 Å². The summed E-state index contributed by atoms with van der Waals surface area (Å²) in [5.74, 6) is -1.29. The maximum absolute atomic E-state index is 12.5. The quantitative estimate of drug-likeness (QED) is 0.755. The molecule has 1 heterocycles. The van der Waals surface area contributed by atoms with Gasteiger partial charge in [-0.2, -0.15) is 0 Å². The standard InChI is InChI=1S/C14H19NO3/c16-13(15-6-2-1-3-7-15)11-9-4-5-10(8-9)12(11)14(17)18/h4-5,9-12H,1-3,6-8H2,(H,17,18)/t9-,10-,11+,12+/m0/s1. The van der Waals surface area contributed by atoms with Gasteiger partial charge in [-0.15, -0.1) is 0 Å². The molecule has 1 saturated heterocycles. The van der Waals surface area contributed by atoms with Crippen LogP contribution >= 0.6 is 0 Å². The predicted octanol–water partition coefficient (Wildman–Crippen LogP) is 1.52. The fourth-order valence-electron chi connectivity index (χ4n) is 3.82. The second-order valence-corrected chi connectivity index (χ2v) is 5.72. The molecule has 98 valence electrons. The van der Waals surface area contributed by atoms with Gasteiger partial charge in [0, 0.05) is 13.1 Å². The fourth-order valence-corrected chi connectivity index (χ4v) is 3.82. The summed E-state index contributed by atoms with van der Waals surface area (Å²) in [6, 6.07) is 0. The minimum atomic E-state index is -0.804. The van der Waals surface area contributed by atoms with E-state index in [1.54, 1.807) is 0 Å². The number of amides is 1. The molecule has 1 saturated carbocycles. The number of piperidine rings is 1. The molecule has 0 unspecified atom stereocenters. The SMILES string of the molecule is O=C(O)[C@H]1[C@H](C(=O)N2CCCCC2)[C@H]2C=C[C@H]1C2. The third kappa shape index (κ3) is 1.74. The van der Waals surface area contributed by atoms with Gasteiger partial charge in [-0.1, -0.05) is 12.2 Å². The zero-order valence-electron chi connectivity index (χ0n) is 10.4. The summed E-state index contributed by atoms with van der Waals surface area (Å²) in [5.41, 5.74) is 0. The van der Waals surface area contributed by atoms with Crippen molar-refractivity contribution in [3.63, 3.8) is 0 Å². The van der Waals surface area contributed by atoms with Crippen LogP contribution in [0.3, 0.4) is 0 Å². The third-order valence-electron chi connectivity index (χ3n) is 4.70. The first-order valence-corrected chi connectivity index (χ1v) is 6.88. The maximum atomic E-state index is 12.5. The van der Waals surface area contributed by atoms with Gasteiger partial charge < -0.3 is 10.0 Å². The van der Waals surface area contributed by atoms with Gasteiger partial charge in [0.25, 0.3) is 0 Å². The van der Waals surface area contributed by atoms with Crippen molar-refractivity contribution >= 4 is 11.9 Å². The van der Waals surface area contributed by atoms with Gasteiger partial charge in [-0.3, -0.25) is 9.59 Å². The third-order valence-corrected chi connectivity index (χ3v) is 4.70. The van der Waals surface area contributed by atoms with Crippen LogP contribution in [0.1, 0.15) is 25.7 Å². The summed E-state index contributed by atoms with van der Waals surface area (Å²) < 4.78 is 0. The first-order valence-electron chi connectivity index (χ1n) is 6.88. The molecular weight excluding hydrogens is 230 g/mol. The number of likely N-dealkylation sites (tertiary alicyclic amines) is 1. The molecule has 18 heavy (non-hydrogen) atoms. The minimum Gasteiger partial charge on any atom is -0.481 e. The number of carboxylic acids is 1. The van der Waals surface area contributed by atoms with Crippen LogP contribution in [0, 0.1) is 23.7 Å². The summed E-state index contributed by atoms with van der Waals surface area (Å²) in [5, 5.41) is 9.35. The number of hydrogen-bond donors (Lipinski definition) is 1. The summed E-state index contributed by atoms with van der Waals surface area (Å²) >= 11 is 0. The lowest BCUT2D eigenvalue weighted by atomic mass is 9.82. The van der Waals surface area contributed by atoms with E-state index in [4.69, 9.17) is 0 Å². The van der Waals surface area contributed by atoms with Gasteiger partial charge in [0.1, 0.15) is 0 Å². The number of carbonyl (C=O) groups is 2. The number of nitrogens with zero attached hydrogens (tertiary/aromatic N) is 1. The molecule has 1 amide bonds. The van der Waals surface area contributed by atoms with E-state index in [0.29, 0.717) is 0 Å². The molecule has 2 bridgehead atoms. The minimum absolute atomic E-state index is 0.0752. The van der Waals surface area contributed by atoms with Crippen LogP contribution in [0.4, 0.5) is 0 Å². The van der Waals surface area contributed by atoms with E-state index < -0.39 is 11.9 Å². The Labute approximate surface area is 107 Å². The Kier molecular flexibility index (Phi) is 2.88. The Hall–Kier alpha value is -1.32. The number of fused-ring (bicyclic) bond motifs is 2. The van der Waals surface area contributed by atoms with Gasteiger partial charge in [-0.05, 0) is 37.5 Å². The molecule has 0 aromatic rings. The maximum Gasteiger partial charge on any atom is 0.307 e. The Bertz CT molecular complexity index is 398. The lowest BCUT2D eigenvalue weighted by Crippen LogP contribution is -2.44. The van der Waals surface area contributed by atoms with E-state index in [-0.39, 0.29) is 23.7 Å². The molecule has 1 N–H and O–H groups in total. The van der Waals surface area contributed by atoms with Crippen LogP contribution < -0.4 is 0 Å². The number of aliphatic carboxylic acids is 1. The van der Waals surface area contributed by atoms with Gasteiger partial charge in [0.15, 0.2) is 0 Å². The highest BCUT2D eigenvalue weighted by Gasteiger charge is 2.52. The molecule has 4 nitrogen and oxygen atoms in total. The fraction of sp³-hybridized carbons (Fsp3) is 0.714. The average molecular weight is 249 g/mol. The van der Waals surface area contributed by atoms with E-state index in [1.165, 1.54) is 6.42 Å². The van der Waals surface area contributed by atoms with Crippen molar-refractivity contribution < 1.29 is 14.7 Å². The lowest BCUT2D eigenvalue weighted by Gasteiger charge is -2.33. The van der Waals surface area contributed by atoms with Crippen LogP contribution in [0.15, 0.2) is 12.2 Å². The molecule has 2 fully saturated rings. The normalized spacial score (nSPS) is 38.1. The Balaban J connectivity index is 1.79. The zero-order valence-corrected chi connectivity index (χ0v) is 10.4. The molecule has 0 spiro atoms. The van der Waals surface area contributed by atoms with E-state index in [2.05, 4.69) is 6.08 Å². The summed E-state index contributed by atoms with van der Waals surface area (Å²) in [6.45, 7) is 1.62. The molecule has 4 atom stereocenters. The summed E-state index contributed by atoms with van der Waals surface area (Å²) in [6.07, 6.45) is 8.18. The van der Waals surface area contributed by atoms with Crippen LogP contribution in [0.5, 0.6) is 0 Å². The number of allylic oxidation sites excluding steroid dienone is 2. The molecule has 3 rings (SSSR count). The van der Waals surface area contributed by atoms with Crippen molar-refractivity contribution in [1.82, 2.24) is 4.90 Å². The molecule has 2 aliphatic carbocycles. The van der Waals surface area contributed by atoms with Crippen LogP contribution in [-0.2, 0) is 9.59 Å². The number of hydrogen-bond acceptors (Lipinski definition) is 2. The zero-order chi connectivity index (χ0) is 12.7. The summed E-state index contributed by atoms with van der Waals surface area (Å²) in [7, 11) is 0. The molecule has 3 aliphatic rings. The summed E-state index contributed by atoms with van der Waals surface area (Å²) in [4.78, 5) is 25.8. The highest BCUT2D eigenvalue weighted by atomic mass is 16.4. The van der Waals surface area contributed by atoms with Gasteiger partial charge in [-0.25, -0.2) is 0 Å². The first kappa shape index (κ1) is 11.8. The molecular formula is C14H19NO3. The first-order chi connectivity index (χ1) is 8.68. The second-order valence-electron chi connectivity index (χ2n) is 5.72. The van der Waals surface area contributed by atoms with Gasteiger partial charge in [0.2, 0.25) is 5.91 Å². The highest BCUT2D eigenvalue weighted by Crippen LogP contribution is 2.48. The van der Waals surface area contributed by atoms with Crippen LogP contribution in [-0.4, -0.2) is 35.0 Å². The molecule has 0 radical (unpaired) electrons. The topological polar surface area (TPSA) is 57.6 Å². The Morgan fingerprint density at radius 3 is 2.22 bits per heavy atom. The predicted molar refractivity (Wildman–Crippen MR) is 65.8 cm³/mol. The van der Waals surface area contributed by atoms with Crippen molar-refractivity contribution in [3.8, 4) is 0 Å². The molecule has 0 aromatic carbocycles. The largest absolute Gasteiger partial charge is 0.481 e. The highest BCUT2D eigenvalue weighted by molar-refractivity contribution is 5.87. The van der Waals surface area contributed by atoms with Crippen LogP contribution in [0.2, 0.25) is 0 Å². The number of rotatable bonds is 2. The lowest BCUT2D eigenvalue weighted by molar-refractivity contribution is -0.151. The van der Waals surface area contributed by atoms with E-state index >= 15 is 0 Å².